The molecule has 0 aliphatic rings. The largest absolute Gasteiger partial charge is 0.489 e. The van der Waals surface area contributed by atoms with E-state index < -0.39 is 6.30 Å². The molecular weight excluding hydrogens is 157 g/mol. The normalized spacial score (nSPS) is 10.3. The molecule has 1 aromatic heterocycles. The van der Waals surface area contributed by atoms with E-state index in [9.17, 15) is 13.2 Å². The van der Waals surface area contributed by atoms with Crippen LogP contribution in [0.3, 0.4) is 0 Å². The molecule has 1 heterocycles. The van der Waals surface area contributed by atoms with E-state index in [2.05, 4.69) is 4.98 Å². The molecule has 0 aliphatic heterocycles. The zero-order valence-corrected chi connectivity index (χ0v) is 6.26. The number of alkyl halides is 3. The summed E-state index contributed by atoms with van der Waals surface area (Å²) in [5.41, 5.74) is 0. The van der Waals surface area contributed by atoms with E-state index in [1.165, 1.54) is 0 Å². The number of imidazole rings is 1. The summed E-state index contributed by atoms with van der Waals surface area (Å²) in [5.74, 6) is 0. The predicted octanol–water partition coefficient (Wildman–Crippen LogP) is 2.39. The minimum absolute atomic E-state index is 0.0764. The lowest BCUT2D eigenvalue weighted by Gasteiger charge is -2.03. The lowest BCUT2D eigenvalue weighted by atomic mass is 10.9. The number of hydrogen-bond acceptors (Lipinski definition) is 1. The Kier molecular flexibility index (Phi) is 3.64. The Morgan fingerprint density at radius 3 is 2.00 bits per heavy atom. The van der Waals surface area contributed by atoms with E-state index in [1.807, 2.05) is 13.8 Å². The monoisotopic (exact) mass is 166 g/mol. The first-order valence-corrected chi connectivity index (χ1v) is 3.16. The van der Waals surface area contributed by atoms with Gasteiger partial charge in [-0.1, -0.05) is 13.8 Å². The van der Waals surface area contributed by atoms with Crippen LogP contribution in [-0.4, -0.2) is 9.55 Å². The van der Waals surface area contributed by atoms with Crippen molar-refractivity contribution < 1.29 is 13.2 Å². The van der Waals surface area contributed by atoms with Gasteiger partial charge in [-0.3, -0.25) is 0 Å². The molecule has 1 aromatic rings. The number of aromatic nitrogens is 2. The standard InChI is InChI=1S/C4H3F3N2.C2H6/c5-4(6,7)9-2-1-8-3-9;1-2/h1-3H;1-2H3. The van der Waals surface area contributed by atoms with Crippen LogP contribution in [0.25, 0.3) is 0 Å². The van der Waals surface area contributed by atoms with Crippen molar-refractivity contribution >= 4 is 0 Å². The maximum absolute atomic E-state index is 11.5. The Bertz CT molecular complexity index is 178. The van der Waals surface area contributed by atoms with E-state index in [-0.39, 0.29) is 4.57 Å². The van der Waals surface area contributed by atoms with Crippen molar-refractivity contribution in [2.45, 2.75) is 20.1 Å². The molecule has 0 unspecified atom stereocenters. The van der Waals surface area contributed by atoms with Gasteiger partial charge in [0.1, 0.15) is 6.33 Å². The van der Waals surface area contributed by atoms with Gasteiger partial charge >= 0.3 is 6.30 Å². The third kappa shape index (κ3) is 3.06. The SMILES string of the molecule is CC.FC(F)(F)n1ccnc1. The number of halogens is 3. The Morgan fingerprint density at radius 2 is 1.82 bits per heavy atom. The fourth-order valence-electron chi connectivity index (χ4n) is 0.409. The summed E-state index contributed by atoms with van der Waals surface area (Å²) in [5, 5.41) is 0. The van der Waals surface area contributed by atoms with Gasteiger partial charge in [0, 0.05) is 12.4 Å². The second-order valence-electron chi connectivity index (χ2n) is 1.44. The molecule has 0 bridgehead atoms. The van der Waals surface area contributed by atoms with E-state index in [4.69, 9.17) is 0 Å². The highest BCUT2D eigenvalue weighted by atomic mass is 19.4. The van der Waals surface area contributed by atoms with Crippen molar-refractivity contribution in [3.05, 3.63) is 18.7 Å². The maximum Gasteiger partial charge on any atom is 0.489 e. The highest BCUT2D eigenvalue weighted by molar-refractivity contribution is 4.75. The van der Waals surface area contributed by atoms with Crippen LogP contribution >= 0.6 is 0 Å². The Hall–Kier alpha value is -1.00. The van der Waals surface area contributed by atoms with Crippen molar-refractivity contribution in [2.75, 3.05) is 0 Å². The number of hydrogen-bond donors (Lipinski definition) is 0. The molecule has 1 rings (SSSR count). The topological polar surface area (TPSA) is 17.8 Å². The minimum atomic E-state index is -4.32. The summed E-state index contributed by atoms with van der Waals surface area (Å²) in [6.45, 7) is 4.00. The van der Waals surface area contributed by atoms with Crippen LogP contribution in [0.15, 0.2) is 18.7 Å². The van der Waals surface area contributed by atoms with Gasteiger partial charge in [-0.05, 0) is 0 Å². The van der Waals surface area contributed by atoms with Crippen LogP contribution < -0.4 is 0 Å². The summed E-state index contributed by atoms with van der Waals surface area (Å²) in [6, 6.07) is 0. The highest BCUT2D eigenvalue weighted by Gasteiger charge is 2.29. The van der Waals surface area contributed by atoms with Crippen LogP contribution in [0.2, 0.25) is 0 Å². The van der Waals surface area contributed by atoms with E-state index >= 15 is 0 Å². The molecule has 0 saturated heterocycles. The van der Waals surface area contributed by atoms with E-state index in [0.717, 1.165) is 12.4 Å². The smallest absolute Gasteiger partial charge is 0.248 e. The first kappa shape index (κ1) is 10.0. The molecule has 64 valence electrons. The van der Waals surface area contributed by atoms with Gasteiger partial charge < -0.3 is 0 Å². The van der Waals surface area contributed by atoms with E-state index in [0.29, 0.717) is 6.33 Å². The second kappa shape index (κ2) is 4.00. The van der Waals surface area contributed by atoms with Crippen LogP contribution in [-0.2, 0) is 6.30 Å². The molecule has 5 heteroatoms. The third-order valence-electron chi connectivity index (χ3n) is 0.797. The molecule has 0 fully saturated rings. The van der Waals surface area contributed by atoms with Crippen molar-refractivity contribution in [3.63, 3.8) is 0 Å². The van der Waals surface area contributed by atoms with Crippen LogP contribution in [0.4, 0.5) is 13.2 Å². The predicted molar refractivity (Wildman–Crippen MR) is 34.9 cm³/mol. The zero-order chi connectivity index (χ0) is 8.91. The summed E-state index contributed by atoms with van der Waals surface area (Å²) in [6.07, 6.45) is -1.69. The first-order valence-electron chi connectivity index (χ1n) is 3.16. The molecular formula is C6H9F3N2. The van der Waals surface area contributed by atoms with Gasteiger partial charge in [0.15, 0.2) is 0 Å². The first-order chi connectivity index (χ1) is 5.11. The fraction of sp³-hybridized carbons (Fsp3) is 0.500. The summed E-state index contributed by atoms with van der Waals surface area (Å²) in [4.78, 5) is 3.23. The van der Waals surface area contributed by atoms with Crippen molar-refractivity contribution in [1.29, 1.82) is 0 Å². The summed E-state index contributed by atoms with van der Waals surface area (Å²) >= 11 is 0. The molecule has 0 spiro atoms. The average molecular weight is 166 g/mol. The lowest BCUT2D eigenvalue weighted by Crippen LogP contribution is -2.13. The van der Waals surface area contributed by atoms with Crippen LogP contribution in [0.5, 0.6) is 0 Å². The maximum atomic E-state index is 11.5. The van der Waals surface area contributed by atoms with Gasteiger partial charge in [0.25, 0.3) is 0 Å². The minimum Gasteiger partial charge on any atom is -0.248 e. The average Bonchev–Trinajstić information content (AvgIpc) is 2.40. The fourth-order valence-corrected chi connectivity index (χ4v) is 0.409. The number of nitrogens with zero attached hydrogens (tertiary/aromatic N) is 2. The van der Waals surface area contributed by atoms with Gasteiger partial charge in [-0.2, -0.15) is 0 Å². The molecule has 0 aliphatic carbocycles. The molecule has 0 saturated carbocycles. The van der Waals surface area contributed by atoms with Gasteiger partial charge in [-0.15, -0.1) is 13.2 Å². The third-order valence-corrected chi connectivity index (χ3v) is 0.797. The highest BCUT2D eigenvalue weighted by Crippen LogP contribution is 2.20. The van der Waals surface area contributed by atoms with Crippen molar-refractivity contribution in [2.24, 2.45) is 0 Å². The van der Waals surface area contributed by atoms with E-state index in [1.54, 1.807) is 0 Å². The molecule has 0 aromatic carbocycles. The lowest BCUT2D eigenvalue weighted by molar-refractivity contribution is -0.204. The second-order valence-corrected chi connectivity index (χ2v) is 1.44. The molecule has 0 amide bonds. The van der Waals surface area contributed by atoms with Crippen LogP contribution in [0, 0.1) is 0 Å². The Labute approximate surface area is 62.7 Å². The zero-order valence-electron chi connectivity index (χ0n) is 6.26. The quantitative estimate of drug-likeness (QED) is 0.578. The molecule has 0 N–H and O–H groups in total. The Balaban J connectivity index is 0.000000461. The van der Waals surface area contributed by atoms with Crippen molar-refractivity contribution in [1.82, 2.24) is 9.55 Å². The molecule has 11 heavy (non-hydrogen) atoms. The molecule has 0 radical (unpaired) electrons. The van der Waals surface area contributed by atoms with Crippen molar-refractivity contribution in [3.8, 4) is 0 Å². The van der Waals surface area contributed by atoms with Gasteiger partial charge in [-0.25, -0.2) is 9.55 Å². The van der Waals surface area contributed by atoms with Crippen LogP contribution in [0.1, 0.15) is 13.8 Å². The van der Waals surface area contributed by atoms with Gasteiger partial charge in [0.05, 0.1) is 0 Å². The molecule has 2 nitrogen and oxygen atoms in total. The molecule has 0 atom stereocenters. The summed E-state index contributed by atoms with van der Waals surface area (Å²) < 4.78 is 34.7. The summed E-state index contributed by atoms with van der Waals surface area (Å²) in [7, 11) is 0. The van der Waals surface area contributed by atoms with Gasteiger partial charge in [0.2, 0.25) is 0 Å². The Morgan fingerprint density at radius 1 is 1.27 bits per heavy atom. The number of rotatable bonds is 0.